The third-order valence-electron chi connectivity index (χ3n) is 6.56. The largest absolute Gasteiger partial charge is 0.381 e. The van der Waals surface area contributed by atoms with Gasteiger partial charge in [-0.05, 0) is 76.7 Å². The molecule has 0 N–H and O–H groups in total. The van der Waals surface area contributed by atoms with E-state index in [0.29, 0.717) is 21.3 Å². The van der Waals surface area contributed by atoms with Gasteiger partial charge in [-0.25, -0.2) is 4.39 Å². The first-order valence-corrected chi connectivity index (χ1v) is 13.3. The molecule has 3 rings (SSSR count). The van der Waals surface area contributed by atoms with Gasteiger partial charge in [0.15, 0.2) is 0 Å². The number of benzene rings is 1. The van der Waals surface area contributed by atoms with Crippen molar-refractivity contribution >= 4 is 35.6 Å². The van der Waals surface area contributed by atoms with Gasteiger partial charge in [-0.1, -0.05) is 26.9 Å². The van der Waals surface area contributed by atoms with Crippen molar-refractivity contribution in [3.63, 3.8) is 0 Å². The maximum atomic E-state index is 13.9. The second kappa shape index (κ2) is 8.38. The van der Waals surface area contributed by atoms with Gasteiger partial charge in [0.1, 0.15) is 5.82 Å². The molecule has 0 unspecified atom stereocenters. The zero-order valence-corrected chi connectivity index (χ0v) is 19.8. The van der Waals surface area contributed by atoms with Crippen LogP contribution in [0.15, 0.2) is 22.7 Å². The molecule has 2 nitrogen and oxygen atoms in total. The van der Waals surface area contributed by atoms with Crippen LogP contribution in [0.4, 0.5) is 4.39 Å². The van der Waals surface area contributed by atoms with Gasteiger partial charge in [0, 0.05) is 31.3 Å². The molecular weight excluding hydrogens is 421 g/mol. The summed E-state index contributed by atoms with van der Waals surface area (Å²) in [6.45, 7) is 11.2. The Kier molecular flexibility index (Phi) is 6.54. The van der Waals surface area contributed by atoms with E-state index < -0.39 is 0 Å². The van der Waals surface area contributed by atoms with Crippen LogP contribution in [-0.4, -0.2) is 26.6 Å². The first-order valence-electron chi connectivity index (χ1n) is 10.0. The maximum Gasteiger partial charge on any atom is 0.139 e. The van der Waals surface area contributed by atoms with Crippen molar-refractivity contribution in [3.05, 3.63) is 34.2 Å². The third-order valence-corrected chi connectivity index (χ3v) is 10.0. The van der Waals surface area contributed by atoms with Crippen LogP contribution in [0, 0.1) is 11.7 Å². The van der Waals surface area contributed by atoms with Crippen LogP contribution >= 0.6 is 15.9 Å². The van der Waals surface area contributed by atoms with E-state index in [1.54, 1.807) is 6.07 Å². The van der Waals surface area contributed by atoms with Crippen molar-refractivity contribution in [2.24, 2.45) is 13.0 Å². The van der Waals surface area contributed by atoms with Crippen molar-refractivity contribution in [2.75, 3.05) is 13.2 Å². The predicted octanol–water partition coefficient (Wildman–Crippen LogP) is 6.90. The highest BCUT2D eigenvalue weighted by Gasteiger charge is 2.27. The van der Waals surface area contributed by atoms with Crippen LogP contribution in [0.25, 0.3) is 10.9 Å². The highest BCUT2D eigenvalue weighted by molar-refractivity contribution is 9.10. The van der Waals surface area contributed by atoms with Gasteiger partial charge >= 0.3 is 0 Å². The second-order valence-electron chi connectivity index (χ2n) is 9.07. The summed E-state index contributed by atoms with van der Waals surface area (Å²) in [5, 5.41) is 1.46. The molecule has 1 aliphatic rings. The number of aryl methyl sites for hydroxylation is 1. The van der Waals surface area contributed by atoms with E-state index in [1.807, 2.05) is 6.07 Å². The Labute approximate surface area is 173 Å². The first-order chi connectivity index (χ1) is 12.7. The molecule has 0 bridgehead atoms. The number of hydrogen-bond donors (Lipinski definition) is 0. The van der Waals surface area contributed by atoms with Crippen LogP contribution in [0.1, 0.15) is 51.1 Å². The highest BCUT2D eigenvalue weighted by atomic mass is 79.9. The minimum atomic E-state index is -0.339. The molecular formula is C22H32BrFNOSi. The Balaban J connectivity index is 1.58. The van der Waals surface area contributed by atoms with Crippen molar-refractivity contribution in [2.45, 2.75) is 63.6 Å². The van der Waals surface area contributed by atoms with E-state index in [2.05, 4.69) is 60.6 Å². The molecule has 1 aliphatic carbocycles. The molecule has 5 heteroatoms. The monoisotopic (exact) mass is 452 g/mol. The number of ether oxygens (including phenoxy) is 1. The van der Waals surface area contributed by atoms with Crippen molar-refractivity contribution in [1.82, 2.24) is 4.57 Å². The Morgan fingerprint density at radius 2 is 1.85 bits per heavy atom. The molecule has 27 heavy (non-hydrogen) atoms. The summed E-state index contributed by atoms with van der Waals surface area (Å²) in [4.78, 5) is 0. The summed E-state index contributed by atoms with van der Waals surface area (Å²) in [7, 11) is 1.73. The second-order valence-corrected chi connectivity index (χ2v) is 13.3. The van der Waals surface area contributed by atoms with Gasteiger partial charge < -0.3 is 9.30 Å². The van der Waals surface area contributed by atoms with Crippen molar-refractivity contribution < 1.29 is 9.13 Å². The van der Waals surface area contributed by atoms with Crippen molar-refractivity contribution in [3.8, 4) is 0 Å². The Hall–Kier alpha value is -0.653. The fourth-order valence-corrected chi connectivity index (χ4v) is 4.75. The van der Waals surface area contributed by atoms with E-state index in [9.17, 15) is 4.39 Å². The molecule has 1 heterocycles. The minimum Gasteiger partial charge on any atom is -0.381 e. The molecule has 1 radical (unpaired) electrons. The fraction of sp³-hybridized carbons (Fsp3) is 0.636. The molecule has 2 aromatic rings. The van der Waals surface area contributed by atoms with Gasteiger partial charge in [0.25, 0.3) is 0 Å². The number of nitrogens with zero attached hydrogens (tertiary/aromatic N) is 1. The summed E-state index contributed by atoms with van der Waals surface area (Å²) in [6, 6.07) is 5.78. The molecule has 0 saturated heterocycles. The van der Waals surface area contributed by atoms with E-state index in [-0.39, 0.29) is 14.6 Å². The molecule has 1 fully saturated rings. The number of hydrogen-bond acceptors (Lipinski definition) is 1. The molecule has 1 saturated carbocycles. The summed E-state index contributed by atoms with van der Waals surface area (Å²) in [5.74, 6) is 1.06. The van der Waals surface area contributed by atoms with Crippen LogP contribution in [0.5, 0.6) is 0 Å². The number of halogens is 2. The van der Waals surface area contributed by atoms with E-state index in [4.69, 9.17) is 4.74 Å². The minimum absolute atomic E-state index is 0.192. The Morgan fingerprint density at radius 3 is 2.48 bits per heavy atom. The Bertz CT molecular complexity index is 793. The average molecular weight is 453 g/mol. The van der Waals surface area contributed by atoms with Gasteiger partial charge in [0.05, 0.1) is 18.8 Å². The SMILES string of the molecule is Cn1c(C2CCC(COCC(C)(C)[Si](C)C)CC2)cc2cc(Br)c(F)cc21. The molecule has 0 aliphatic heterocycles. The molecule has 0 spiro atoms. The van der Waals surface area contributed by atoms with Crippen LogP contribution < -0.4 is 0 Å². The lowest BCUT2D eigenvalue weighted by Gasteiger charge is -2.31. The van der Waals surface area contributed by atoms with Gasteiger partial charge in [0.2, 0.25) is 0 Å². The Morgan fingerprint density at radius 1 is 1.19 bits per heavy atom. The van der Waals surface area contributed by atoms with E-state index >= 15 is 0 Å². The average Bonchev–Trinajstić information content (AvgIpc) is 2.92. The van der Waals surface area contributed by atoms with Crippen molar-refractivity contribution in [1.29, 1.82) is 0 Å². The number of rotatable bonds is 6. The smallest absolute Gasteiger partial charge is 0.139 e. The normalized spacial score (nSPS) is 21.3. The summed E-state index contributed by atoms with van der Waals surface area (Å²) >= 11 is 3.30. The van der Waals surface area contributed by atoms with Gasteiger partial charge in [-0.15, -0.1) is 0 Å². The molecule has 0 atom stereocenters. The zero-order chi connectivity index (χ0) is 19.8. The molecule has 1 aromatic carbocycles. The summed E-state index contributed by atoms with van der Waals surface area (Å²) in [6.07, 6.45) is 4.84. The third kappa shape index (κ3) is 4.68. The van der Waals surface area contributed by atoms with E-state index in [1.165, 1.54) is 31.4 Å². The van der Waals surface area contributed by atoms with Gasteiger partial charge in [-0.3, -0.25) is 0 Å². The van der Waals surface area contributed by atoms with Crippen LogP contribution in [0.3, 0.4) is 0 Å². The molecule has 1 aromatic heterocycles. The quantitative estimate of drug-likeness (QED) is 0.434. The highest BCUT2D eigenvalue weighted by Crippen LogP contribution is 2.39. The first kappa shape index (κ1) is 21.1. The number of aromatic nitrogens is 1. The predicted molar refractivity (Wildman–Crippen MR) is 118 cm³/mol. The number of fused-ring (bicyclic) bond motifs is 1. The summed E-state index contributed by atoms with van der Waals surface area (Å²) in [5.41, 5.74) is 2.32. The summed E-state index contributed by atoms with van der Waals surface area (Å²) < 4.78 is 22.7. The lowest BCUT2D eigenvalue weighted by Crippen LogP contribution is -2.28. The fourth-order valence-electron chi connectivity index (χ4n) is 3.99. The van der Waals surface area contributed by atoms with Gasteiger partial charge in [-0.2, -0.15) is 0 Å². The van der Waals surface area contributed by atoms with Crippen LogP contribution in [0.2, 0.25) is 18.1 Å². The lowest BCUT2D eigenvalue weighted by molar-refractivity contribution is 0.0681. The zero-order valence-electron chi connectivity index (χ0n) is 17.2. The van der Waals surface area contributed by atoms with Crippen LogP contribution in [-0.2, 0) is 11.8 Å². The lowest BCUT2D eigenvalue weighted by atomic mass is 9.81. The van der Waals surface area contributed by atoms with E-state index in [0.717, 1.165) is 24.1 Å². The maximum absolute atomic E-state index is 13.9. The topological polar surface area (TPSA) is 14.2 Å². The standard InChI is InChI=1S/C22H32BrFNOSi/c1-22(2,27(4)5)14-26-13-15-6-8-16(9-7-15)20-11-17-10-18(23)19(24)12-21(17)25(20)3/h10-12,15-16H,6-9,13-14H2,1-5H3. The molecule has 0 amide bonds. The molecule has 149 valence electrons.